The van der Waals surface area contributed by atoms with E-state index >= 15 is 0 Å². The number of ether oxygens (including phenoxy) is 1. The van der Waals surface area contributed by atoms with Crippen molar-refractivity contribution in [2.75, 3.05) is 13.2 Å². The van der Waals surface area contributed by atoms with Crippen molar-refractivity contribution in [2.24, 2.45) is 0 Å². The van der Waals surface area contributed by atoms with E-state index < -0.39 is 12.3 Å². The van der Waals surface area contributed by atoms with Gasteiger partial charge in [-0.05, 0) is 20.3 Å². The maximum Gasteiger partial charge on any atom is 0.415 e. The smallest absolute Gasteiger partial charge is 0.367 e. The first-order valence-corrected chi connectivity index (χ1v) is 4.25. The summed E-state index contributed by atoms with van der Waals surface area (Å²) in [5, 5.41) is 2.83. The minimum Gasteiger partial charge on any atom is -0.367 e. The molecular formula is C8H14F3NO. The first-order chi connectivity index (χ1) is 5.81. The lowest BCUT2D eigenvalue weighted by Crippen LogP contribution is -2.45. The predicted molar refractivity (Wildman–Crippen MR) is 42.5 cm³/mol. The van der Waals surface area contributed by atoms with Crippen LogP contribution in [0.1, 0.15) is 20.3 Å². The molecule has 1 fully saturated rings. The Morgan fingerprint density at radius 1 is 1.38 bits per heavy atom. The van der Waals surface area contributed by atoms with Crippen molar-refractivity contribution in [3.63, 3.8) is 0 Å². The quantitative estimate of drug-likeness (QED) is 0.638. The van der Waals surface area contributed by atoms with Crippen LogP contribution in [0.15, 0.2) is 0 Å². The molecule has 0 radical (unpaired) electrons. The van der Waals surface area contributed by atoms with Gasteiger partial charge in [0, 0.05) is 18.7 Å². The molecule has 0 spiro atoms. The van der Waals surface area contributed by atoms with Crippen LogP contribution in [0, 0.1) is 0 Å². The van der Waals surface area contributed by atoms with E-state index in [0.29, 0.717) is 6.42 Å². The monoisotopic (exact) mass is 197 g/mol. The SMILES string of the molecule is CC1(C)CCOC(C(F)(F)F)CN1. The number of alkyl halides is 3. The van der Waals surface area contributed by atoms with Crippen molar-refractivity contribution in [3.05, 3.63) is 0 Å². The van der Waals surface area contributed by atoms with Gasteiger partial charge in [0.1, 0.15) is 0 Å². The summed E-state index contributed by atoms with van der Waals surface area (Å²) in [5.41, 5.74) is -0.264. The molecule has 5 heteroatoms. The first kappa shape index (κ1) is 10.8. The van der Waals surface area contributed by atoms with Crippen molar-refractivity contribution < 1.29 is 17.9 Å². The number of rotatable bonds is 0. The van der Waals surface area contributed by atoms with Crippen LogP contribution >= 0.6 is 0 Å². The third kappa shape index (κ3) is 3.15. The van der Waals surface area contributed by atoms with Crippen molar-refractivity contribution in [3.8, 4) is 0 Å². The van der Waals surface area contributed by atoms with Gasteiger partial charge in [-0.2, -0.15) is 13.2 Å². The second-order valence-corrected chi connectivity index (χ2v) is 3.92. The van der Waals surface area contributed by atoms with Gasteiger partial charge < -0.3 is 10.1 Å². The molecule has 0 saturated carbocycles. The molecule has 1 aliphatic rings. The van der Waals surface area contributed by atoms with Gasteiger partial charge in [0.25, 0.3) is 0 Å². The maximum atomic E-state index is 12.2. The molecule has 1 heterocycles. The largest absolute Gasteiger partial charge is 0.415 e. The molecule has 78 valence electrons. The van der Waals surface area contributed by atoms with Crippen LogP contribution in [-0.4, -0.2) is 31.0 Å². The van der Waals surface area contributed by atoms with Crippen LogP contribution in [0.2, 0.25) is 0 Å². The molecule has 1 saturated heterocycles. The molecule has 1 unspecified atom stereocenters. The van der Waals surface area contributed by atoms with E-state index in [1.165, 1.54) is 0 Å². The fraction of sp³-hybridized carbons (Fsp3) is 1.00. The summed E-state index contributed by atoms with van der Waals surface area (Å²) in [6.07, 6.45) is -5.32. The van der Waals surface area contributed by atoms with Crippen LogP contribution in [0.5, 0.6) is 0 Å². The lowest BCUT2D eigenvalue weighted by molar-refractivity contribution is -0.215. The van der Waals surface area contributed by atoms with Crippen molar-refractivity contribution in [1.82, 2.24) is 5.32 Å². The van der Waals surface area contributed by atoms with Gasteiger partial charge in [0.15, 0.2) is 6.10 Å². The zero-order valence-electron chi connectivity index (χ0n) is 7.74. The molecule has 0 aromatic rings. The van der Waals surface area contributed by atoms with Crippen LogP contribution in [-0.2, 0) is 4.74 Å². The van der Waals surface area contributed by atoms with E-state index in [1.54, 1.807) is 0 Å². The molecule has 2 nitrogen and oxygen atoms in total. The minimum absolute atomic E-state index is 0.156. The highest BCUT2D eigenvalue weighted by Crippen LogP contribution is 2.25. The van der Waals surface area contributed by atoms with Gasteiger partial charge in [-0.3, -0.25) is 0 Å². The zero-order chi connectivity index (χ0) is 10.1. The number of hydrogen-bond donors (Lipinski definition) is 1. The Morgan fingerprint density at radius 2 is 2.00 bits per heavy atom. The first-order valence-electron chi connectivity index (χ1n) is 4.25. The summed E-state index contributed by atoms with van der Waals surface area (Å²) in [7, 11) is 0. The molecule has 1 aliphatic heterocycles. The van der Waals surface area contributed by atoms with Gasteiger partial charge in [0.05, 0.1) is 0 Å². The van der Waals surface area contributed by atoms with Crippen molar-refractivity contribution in [2.45, 2.75) is 38.1 Å². The van der Waals surface area contributed by atoms with E-state index in [2.05, 4.69) is 5.32 Å². The van der Waals surface area contributed by atoms with E-state index in [-0.39, 0.29) is 18.7 Å². The normalized spacial score (nSPS) is 29.8. The second-order valence-electron chi connectivity index (χ2n) is 3.92. The highest BCUT2D eigenvalue weighted by atomic mass is 19.4. The van der Waals surface area contributed by atoms with Crippen molar-refractivity contribution >= 4 is 0 Å². The highest BCUT2D eigenvalue weighted by Gasteiger charge is 2.42. The van der Waals surface area contributed by atoms with E-state index in [4.69, 9.17) is 4.74 Å². The average Bonchev–Trinajstić information content (AvgIpc) is 2.08. The van der Waals surface area contributed by atoms with Crippen molar-refractivity contribution in [1.29, 1.82) is 0 Å². The average molecular weight is 197 g/mol. The Hall–Kier alpha value is -0.290. The van der Waals surface area contributed by atoms with E-state index in [9.17, 15) is 13.2 Å². The molecule has 0 bridgehead atoms. The van der Waals surface area contributed by atoms with Gasteiger partial charge in [0.2, 0.25) is 0 Å². The summed E-state index contributed by atoms with van der Waals surface area (Å²) in [5.74, 6) is 0. The Kier molecular flexibility index (Phi) is 2.87. The zero-order valence-corrected chi connectivity index (χ0v) is 7.74. The summed E-state index contributed by atoms with van der Waals surface area (Å²) < 4.78 is 41.3. The number of nitrogens with one attached hydrogen (secondary N) is 1. The van der Waals surface area contributed by atoms with Gasteiger partial charge in [-0.1, -0.05) is 0 Å². The molecule has 0 aromatic heterocycles. The van der Waals surface area contributed by atoms with Gasteiger partial charge in [-0.15, -0.1) is 0 Å². The molecule has 13 heavy (non-hydrogen) atoms. The minimum atomic E-state index is -4.26. The molecule has 1 atom stereocenters. The van der Waals surface area contributed by atoms with E-state index in [0.717, 1.165) is 0 Å². The van der Waals surface area contributed by atoms with Crippen LogP contribution < -0.4 is 5.32 Å². The maximum absolute atomic E-state index is 12.2. The molecule has 1 N–H and O–H groups in total. The molecule has 1 rings (SSSR count). The van der Waals surface area contributed by atoms with Crippen LogP contribution in [0.4, 0.5) is 13.2 Å². The summed E-state index contributed by atoms with van der Waals surface area (Å²) >= 11 is 0. The third-order valence-corrected chi connectivity index (χ3v) is 2.18. The molecule has 0 aromatic carbocycles. The van der Waals surface area contributed by atoms with Gasteiger partial charge >= 0.3 is 6.18 Å². The Morgan fingerprint density at radius 3 is 2.54 bits per heavy atom. The summed E-state index contributed by atoms with van der Waals surface area (Å²) in [6, 6.07) is 0. The highest BCUT2D eigenvalue weighted by molar-refractivity contribution is 4.84. The summed E-state index contributed by atoms with van der Waals surface area (Å²) in [6.45, 7) is 3.74. The molecule has 0 aliphatic carbocycles. The molecular weight excluding hydrogens is 183 g/mol. The standard InChI is InChI=1S/C8H14F3NO/c1-7(2)3-4-13-6(5-12-7)8(9,10)11/h6,12H,3-5H2,1-2H3. The predicted octanol–water partition coefficient (Wildman–Crippen LogP) is 1.71. The molecule has 0 amide bonds. The third-order valence-electron chi connectivity index (χ3n) is 2.18. The Bertz CT molecular complexity index is 179. The number of hydrogen-bond acceptors (Lipinski definition) is 2. The van der Waals surface area contributed by atoms with Crippen LogP contribution in [0.25, 0.3) is 0 Å². The fourth-order valence-electron chi connectivity index (χ4n) is 1.18. The Labute approximate surface area is 75.4 Å². The second kappa shape index (κ2) is 3.46. The topological polar surface area (TPSA) is 21.3 Å². The lowest BCUT2D eigenvalue weighted by atomic mass is 10.0. The number of halogens is 3. The lowest BCUT2D eigenvalue weighted by Gasteiger charge is -2.23. The van der Waals surface area contributed by atoms with E-state index in [1.807, 2.05) is 13.8 Å². The van der Waals surface area contributed by atoms with Crippen LogP contribution in [0.3, 0.4) is 0 Å². The Balaban J connectivity index is 2.55. The van der Waals surface area contributed by atoms with Gasteiger partial charge in [-0.25, -0.2) is 0 Å². The summed E-state index contributed by atoms with van der Waals surface area (Å²) in [4.78, 5) is 0. The fourth-order valence-corrected chi connectivity index (χ4v) is 1.18.